The van der Waals surface area contributed by atoms with Crippen LogP contribution in [0.3, 0.4) is 0 Å². The van der Waals surface area contributed by atoms with Gasteiger partial charge in [-0.05, 0) is 43.2 Å². The summed E-state index contributed by atoms with van der Waals surface area (Å²) in [4.78, 5) is 17.0. The van der Waals surface area contributed by atoms with Gasteiger partial charge in [0.25, 0.3) is 0 Å². The molecule has 0 spiro atoms. The van der Waals surface area contributed by atoms with Crippen molar-refractivity contribution in [3.05, 3.63) is 34.5 Å². The standard InChI is InChI=1S/C13H17N5OS/c1-2-10(14)11-6-5-9(7-15-11)20-13-17-16-12(19)18(13)8-3-4-8/h5-8,10H,2-4,14H2,1H3,(H,16,19)/t10-/m0/s1. The third-order valence-electron chi connectivity index (χ3n) is 3.37. The van der Waals surface area contributed by atoms with E-state index in [-0.39, 0.29) is 11.7 Å². The first-order chi connectivity index (χ1) is 9.69. The second-order valence-corrected chi connectivity index (χ2v) is 5.99. The summed E-state index contributed by atoms with van der Waals surface area (Å²) < 4.78 is 1.73. The average Bonchev–Trinajstić information content (AvgIpc) is 3.24. The Hall–Kier alpha value is -1.60. The zero-order valence-electron chi connectivity index (χ0n) is 11.2. The van der Waals surface area contributed by atoms with Crippen molar-refractivity contribution in [3.8, 4) is 0 Å². The molecule has 0 radical (unpaired) electrons. The molecule has 20 heavy (non-hydrogen) atoms. The van der Waals surface area contributed by atoms with Gasteiger partial charge in [0, 0.05) is 23.2 Å². The van der Waals surface area contributed by atoms with Gasteiger partial charge in [-0.25, -0.2) is 9.89 Å². The van der Waals surface area contributed by atoms with E-state index in [0.717, 1.165) is 29.9 Å². The molecule has 3 rings (SSSR count). The number of rotatable bonds is 5. The third-order valence-corrected chi connectivity index (χ3v) is 4.32. The van der Waals surface area contributed by atoms with Crippen molar-refractivity contribution >= 4 is 11.8 Å². The van der Waals surface area contributed by atoms with Crippen molar-refractivity contribution in [1.82, 2.24) is 19.7 Å². The zero-order valence-corrected chi connectivity index (χ0v) is 12.1. The summed E-state index contributed by atoms with van der Waals surface area (Å²) in [6.45, 7) is 2.03. The van der Waals surface area contributed by atoms with Crippen LogP contribution >= 0.6 is 11.8 Å². The molecule has 2 aromatic heterocycles. The molecule has 0 saturated heterocycles. The van der Waals surface area contributed by atoms with Crippen molar-refractivity contribution in [2.24, 2.45) is 5.73 Å². The highest BCUT2D eigenvalue weighted by Crippen LogP contribution is 2.37. The summed E-state index contributed by atoms with van der Waals surface area (Å²) in [5.41, 5.74) is 6.70. The van der Waals surface area contributed by atoms with Crippen LogP contribution in [-0.4, -0.2) is 19.7 Å². The Morgan fingerprint density at radius 1 is 1.55 bits per heavy atom. The van der Waals surface area contributed by atoms with Crippen LogP contribution in [0.15, 0.2) is 33.2 Å². The maximum absolute atomic E-state index is 11.7. The van der Waals surface area contributed by atoms with Crippen LogP contribution in [0, 0.1) is 0 Å². The molecular formula is C13H17N5OS. The van der Waals surface area contributed by atoms with E-state index in [1.165, 1.54) is 11.8 Å². The fourth-order valence-electron chi connectivity index (χ4n) is 2.00. The van der Waals surface area contributed by atoms with Crippen LogP contribution in [-0.2, 0) is 0 Å². The highest BCUT2D eigenvalue weighted by Gasteiger charge is 2.28. The SMILES string of the molecule is CC[C@H](N)c1ccc(Sc2n[nH]c(=O)n2C2CC2)cn1. The van der Waals surface area contributed by atoms with E-state index >= 15 is 0 Å². The van der Waals surface area contributed by atoms with Crippen LogP contribution in [0.1, 0.15) is 44.0 Å². The molecule has 1 fully saturated rings. The van der Waals surface area contributed by atoms with Gasteiger partial charge in [0.2, 0.25) is 0 Å². The summed E-state index contributed by atoms with van der Waals surface area (Å²) in [7, 11) is 0. The van der Waals surface area contributed by atoms with E-state index in [9.17, 15) is 4.79 Å². The Bertz CT molecular complexity index is 644. The molecule has 6 nitrogen and oxygen atoms in total. The smallest absolute Gasteiger partial charge is 0.323 e. The van der Waals surface area contributed by atoms with Gasteiger partial charge >= 0.3 is 5.69 Å². The topological polar surface area (TPSA) is 89.6 Å². The van der Waals surface area contributed by atoms with Crippen molar-refractivity contribution in [2.75, 3.05) is 0 Å². The number of nitrogens with one attached hydrogen (secondary N) is 1. The first-order valence-corrected chi connectivity index (χ1v) is 7.57. The zero-order chi connectivity index (χ0) is 14.1. The molecule has 1 aliphatic carbocycles. The van der Waals surface area contributed by atoms with E-state index in [2.05, 4.69) is 15.2 Å². The van der Waals surface area contributed by atoms with Crippen LogP contribution in [0.4, 0.5) is 0 Å². The fraction of sp³-hybridized carbons (Fsp3) is 0.462. The van der Waals surface area contributed by atoms with Gasteiger partial charge in [0.15, 0.2) is 5.16 Å². The minimum atomic E-state index is -0.132. The lowest BCUT2D eigenvalue weighted by Crippen LogP contribution is -2.16. The summed E-state index contributed by atoms with van der Waals surface area (Å²) in [5, 5.41) is 7.30. The number of nitrogens with zero attached hydrogens (tertiary/aromatic N) is 3. The van der Waals surface area contributed by atoms with Crippen LogP contribution in [0.5, 0.6) is 0 Å². The highest BCUT2D eigenvalue weighted by atomic mass is 32.2. The monoisotopic (exact) mass is 291 g/mol. The summed E-state index contributed by atoms with van der Waals surface area (Å²) >= 11 is 1.45. The van der Waals surface area contributed by atoms with Gasteiger partial charge in [-0.15, -0.1) is 5.10 Å². The number of pyridine rings is 1. The summed E-state index contributed by atoms with van der Waals surface area (Å²) in [6.07, 6.45) is 4.75. The normalized spacial score (nSPS) is 16.3. The lowest BCUT2D eigenvalue weighted by molar-refractivity contribution is 0.642. The molecule has 3 N–H and O–H groups in total. The van der Waals surface area contributed by atoms with E-state index < -0.39 is 0 Å². The van der Waals surface area contributed by atoms with Crippen LogP contribution < -0.4 is 11.4 Å². The lowest BCUT2D eigenvalue weighted by atomic mass is 10.1. The van der Waals surface area contributed by atoms with Crippen LogP contribution in [0.2, 0.25) is 0 Å². The summed E-state index contributed by atoms with van der Waals surface area (Å²) in [5.74, 6) is 0. The summed E-state index contributed by atoms with van der Waals surface area (Å²) in [6, 6.07) is 4.19. The Kier molecular flexibility index (Phi) is 3.62. The van der Waals surface area contributed by atoms with E-state index in [4.69, 9.17) is 5.73 Å². The van der Waals surface area contributed by atoms with Gasteiger partial charge in [0.05, 0.1) is 5.69 Å². The van der Waals surface area contributed by atoms with Gasteiger partial charge < -0.3 is 5.73 Å². The Balaban J connectivity index is 1.79. The van der Waals surface area contributed by atoms with Gasteiger partial charge in [-0.1, -0.05) is 6.92 Å². The fourth-order valence-corrected chi connectivity index (χ4v) is 2.88. The average molecular weight is 291 g/mol. The molecule has 0 amide bonds. The predicted molar refractivity (Wildman–Crippen MR) is 76.7 cm³/mol. The Morgan fingerprint density at radius 3 is 2.95 bits per heavy atom. The van der Waals surface area contributed by atoms with Crippen molar-refractivity contribution < 1.29 is 0 Å². The number of H-pyrrole nitrogens is 1. The molecule has 0 bridgehead atoms. The quantitative estimate of drug-likeness (QED) is 0.877. The van der Waals surface area contributed by atoms with Gasteiger partial charge in [-0.2, -0.15) is 0 Å². The first kappa shape index (κ1) is 13.4. The number of hydrogen-bond acceptors (Lipinski definition) is 5. The maximum atomic E-state index is 11.7. The molecule has 1 saturated carbocycles. The largest absolute Gasteiger partial charge is 0.344 e. The highest BCUT2D eigenvalue weighted by molar-refractivity contribution is 7.99. The second-order valence-electron chi connectivity index (χ2n) is 4.95. The second kappa shape index (κ2) is 5.41. The molecule has 0 unspecified atom stereocenters. The van der Waals surface area contributed by atoms with E-state index in [1.807, 2.05) is 19.1 Å². The van der Waals surface area contributed by atoms with Crippen molar-refractivity contribution in [1.29, 1.82) is 0 Å². The van der Waals surface area contributed by atoms with Gasteiger partial charge in [-0.3, -0.25) is 9.55 Å². The van der Waals surface area contributed by atoms with Gasteiger partial charge in [0.1, 0.15) is 0 Å². The molecule has 2 aromatic rings. The molecule has 7 heteroatoms. The predicted octanol–water partition coefficient (Wildman–Crippen LogP) is 1.86. The number of hydrogen-bond donors (Lipinski definition) is 2. The third kappa shape index (κ3) is 2.64. The molecule has 2 heterocycles. The molecule has 106 valence electrons. The minimum Gasteiger partial charge on any atom is -0.323 e. The Labute approximate surface area is 120 Å². The number of nitrogens with two attached hydrogens (primary N) is 1. The first-order valence-electron chi connectivity index (χ1n) is 6.75. The lowest BCUT2D eigenvalue weighted by Gasteiger charge is -2.08. The Morgan fingerprint density at radius 2 is 2.35 bits per heavy atom. The number of aromatic nitrogens is 4. The maximum Gasteiger partial charge on any atom is 0.344 e. The van der Waals surface area contributed by atoms with Crippen molar-refractivity contribution in [3.63, 3.8) is 0 Å². The van der Waals surface area contributed by atoms with Crippen molar-refractivity contribution in [2.45, 2.75) is 48.3 Å². The molecular weight excluding hydrogens is 274 g/mol. The molecule has 0 aliphatic heterocycles. The molecule has 1 aliphatic rings. The molecule has 0 aromatic carbocycles. The minimum absolute atomic E-state index is 0.0240. The van der Waals surface area contributed by atoms with E-state index in [0.29, 0.717) is 11.2 Å². The number of aromatic amines is 1. The molecule has 1 atom stereocenters. The van der Waals surface area contributed by atoms with Crippen LogP contribution in [0.25, 0.3) is 0 Å². The van der Waals surface area contributed by atoms with E-state index in [1.54, 1.807) is 10.8 Å².